The molecule has 132 valence electrons. The van der Waals surface area contributed by atoms with E-state index in [-0.39, 0.29) is 36.4 Å². The third-order valence-electron chi connectivity index (χ3n) is 3.40. The van der Waals surface area contributed by atoms with E-state index in [0.717, 1.165) is 17.4 Å². The van der Waals surface area contributed by atoms with Crippen LogP contribution in [0, 0.1) is 5.21 Å². The Morgan fingerprint density at radius 2 is 2.08 bits per heavy atom. The molecule has 0 N–H and O–H groups in total. The number of pyridine rings is 2. The molecule has 3 rings (SSSR count). The van der Waals surface area contributed by atoms with Crippen LogP contribution in [0.5, 0.6) is 0 Å². The second-order valence-electron chi connectivity index (χ2n) is 5.02. The summed E-state index contributed by atoms with van der Waals surface area (Å²) in [4.78, 5) is 7.85. The van der Waals surface area contributed by atoms with Gasteiger partial charge in [0.15, 0.2) is 16.0 Å². The Kier molecular flexibility index (Phi) is 4.15. The highest BCUT2D eigenvalue weighted by Gasteiger charge is 2.35. The molecule has 0 bridgehead atoms. The first kappa shape index (κ1) is 17.5. The number of sulfone groups is 1. The Bertz CT molecular complexity index is 1060. The van der Waals surface area contributed by atoms with Gasteiger partial charge in [0.2, 0.25) is 0 Å². The van der Waals surface area contributed by atoms with E-state index in [4.69, 9.17) is 0 Å². The van der Waals surface area contributed by atoms with Crippen molar-refractivity contribution in [1.82, 2.24) is 9.97 Å². The molecule has 0 aliphatic heterocycles. The lowest BCUT2D eigenvalue weighted by Gasteiger charge is -2.05. The number of rotatable bonds is 3. The maximum Gasteiger partial charge on any atom is 0.422 e. The van der Waals surface area contributed by atoms with Crippen molar-refractivity contribution in [2.75, 3.05) is 5.75 Å². The average molecular weight is 389 g/mol. The van der Waals surface area contributed by atoms with Crippen LogP contribution in [-0.2, 0) is 16.0 Å². The van der Waals surface area contributed by atoms with Crippen molar-refractivity contribution in [2.24, 2.45) is 0 Å². The molecule has 0 saturated heterocycles. The third-order valence-corrected chi connectivity index (χ3v) is 6.22. The van der Waals surface area contributed by atoms with Gasteiger partial charge in [-0.3, -0.25) is 4.98 Å². The third kappa shape index (κ3) is 3.16. The first-order chi connectivity index (χ1) is 11.6. The Morgan fingerprint density at radius 1 is 1.36 bits per heavy atom. The van der Waals surface area contributed by atoms with Gasteiger partial charge in [-0.1, -0.05) is 6.92 Å². The van der Waals surface area contributed by atoms with Crippen LogP contribution in [0.4, 0.5) is 13.2 Å². The summed E-state index contributed by atoms with van der Waals surface area (Å²) in [6.45, 7) is 1.46. The molecule has 0 aliphatic carbocycles. The molecule has 3 aromatic rings. The summed E-state index contributed by atoms with van der Waals surface area (Å²) in [5, 5.41) is 11.9. The highest BCUT2D eigenvalue weighted by Crippen LogP contribution is 2.34. The van der Waals surface area contributed by atoms with Crippen LogP contribution < -0.4 is 4.73 Å². The largest absolute Gasteiger partial charge is 0.618 e. The smallest absolute Gasteiger partial charge is 0.422 e. The summed E-state index contributed by atoms with van der Waals surface area (Å²) in [6, 6.07) is 3.54. The summed E-state index contributed by atoms with van der Waals surface area (Å²) >= 11 is 0.782. The first-order valence-electron chi connectivity index (χ1n) is 6.92. The van der Waals surface area contributed by atoms with Crippen molar-refractivity contribution in [3.8, 4) is 10.7 Å². The van der Waals surface area contributed by atoms with Crippen LogP contribution in [0.1, 0.15) is 12.5 Å². The Balaban J connectivity index is 2.24. The molecule has 6 nitrogen and oxygen atoms in total. The maximum atomic E-state index is 12.8. The van der Waals surface area contributed by atoms with Crippen LogP contribution in [0.25, 0.3) is 21.0 Å². The van der Waals surface area contributed by atoms with E-state index in [0.29, 0.717) is 6.20 Å². The van der Waals surface area contributed by atoms with Gasteiger partial charge in [0.1, 0.15) is 21.8 Å². The van der Waals surface area contributed by atoms with Crippen LogP contribution in [0.15, 0.2) is 35.5 Å². The van der Waals surface area contributed by atoms with E-state index in [1.165, 1.54) is 25.3 Å². The SMILES string of the molecule is CCS(=O)(=O)c1cccnc1-c1nc2cc(C(F)(F)F)c[n+]([O-])c2s1. The second-order valence-corrected chi connectivity index (χ2v) is 8.24. The van der Waals surface area contributed by atoms with Crippen molar-refractivity contribution in [3.05, 3.63) is 41.4 Å². The number of hydrogen-bond donors (Lipinski definition) is 0. The van der Waals surface area contributed by atoms with E-state index in [2.05, 4.69) is 9.97 Å². The molecule has 11 heteroatoms. The van der Waals surface area contributed by atoms with Crippen LogP contribution in [0.2, 0.25) is 0 Å². The molecule has 0 saturated carbocycles. The second kappa shape index (κ2) is 5.92. The van der Waals surface area contributed by atoms with Crippen molar-refractivity contribution >= 4 is 31.5 Å². The predicted molar refractivity (Wildman–Crippen MR) is 84.5 cm³/mol. The standard InChI is InChI=1S/C14H10F3N3O3S2/c1-2-25(22,23)10-4-3-5-18-11(10)12-19-9-6-8(14(15,16)17)7-20(21)13(9)24-12/h3-7H,2H2,1H3. The Labute approximate surface area is 144 Å². The monoisotopic (exact) mass is 389 g/mol. The number of thiazole rings is 1. The molecule has 0 unspecified atom stereocenters. The lowest BCUT2D eigenvalue weighted by molar-refractivity contribution is -0.576. The fraction of sp³-hybridized carbons (Fsp3) is 0.214. The average Bonchev–Trinajstić information content (AvgIpc) is 2.99. The predicted octanol–water partition coefficient (Wildman–Crippen LogP) is 2.80. The van der Waals surface area contributed by atoms with Gasteiger partial charge < -0.3 is 5.21 Å². The molecule has 0 aliphatic rings. The molecular weight excluding hydrogens is 379 g/mol. The summed E-state index contributed by atoms with van der Waals surface area (Å²) < 4.78 is 62.9. The minimum absolute atomic E-state index is 0.0131. The van der Waals surface area contributed by atoms with Gasteiger partial charge in [-0.25, -0.2) is 13.4 Å². The van der Waals surface area contributed by atoms with Gasteiger partial charge in [-0.05, 0) is 29.5 Å². The van der Waals surface area contributed by atoms with Crippen molar-refractivity contribution < 1.29 is 26.3 Å². The molecule has 0 radical (unpaired) electrons. The maximum absolute atomic E-state index is 12.8. The summed E-state index contributed by atoms with van der Waals surface area (Å²) in [5.41, 5.74) is -1.29. The fourth-order valence-electron chi connectivity index (χ4n) is 2.16. The summed E-state index contributed by atoms with van der Waals surface area (Å²) in [7, 11) is -3.62. The lowest BCUT2D eigenvalue weighted by Crippen LogP contribution is -2.27. The Hall–Kier alpha value is -2.27. The van der Waals surface area contributed by atoms with Gasteiger partial charge >= 0.3 is 11.0 Å². The molecule has 0 aromatic carbocycles. The molecule has 3 aromatic heterocycles. The summed E-state index contributed by atoms with van der Waals surface area (Å²) in [5.74, 6) is -0.170. The number of nitrogens with zero attached hydrogens (tertiary/aromatic N) is 3. The topological polar surface area (TPSA) is 86.9 Å². The number of hydrogen-bond acceptors (Lipinski definition) is 6. The van der Waals surface area contributed by atoms with Crippen LogP contribution in [0.3, 0.4) is 0 Å². The molecule has 0 amide bonds. The zero-order valence-corrected chi connectivity index (χ0v) is 14.2. The zero-order chi connectivity index (χ0) is 18.4. The number of alkyl halides is 3. The molecule has 0 spiro atoms. The van der Waals surface area contributed by atoms with Gasteiger partial charge in [0.25, 0.3) is 0 Å². The van der Waals surface area contributed by atoms with E-state index < -0.39 is 21.6 Å². The zero-order valence-electron chi connectivity index (χ0n) is 12.6. The van der Waals surface area contributed by atoms with E-state index in [1.807, 2.05) is 0 Å². The van der Waals surface area contributed by atoms with Crippen LogP contribution in [-0.4, -0.2) is 24.1 Å². The first-order valence-corrected chi connectivity index (χ1v) is 9.39. The van der Waals surface area contributed by atoms with E-state index >= 15 is 0 Å². The fourth-order valence-corrected chi connectivity index (χ4v) is 4.20. The number of aromatic nitrogens is 3. The van der Waals surface area contributed by atoms with Gasteiger partial charge in [0.05, 0.1) is 10.6 Å². The van der Waals surface area contributed by atoms with Crippen molar-refractivity contribution in [3.63, 3.8) is 0 Å². The molecule has 25 heavy (non-hydrogen) atoms. The van der Waals surface area contributed by atoms with Crippen molar-refractivity contribution in [2.45, 2.75) is 18.0 Å². The molecule has 0 atom stereocenters. The van der Waals surface area contributed by atoms with E-state index in [9.17, 15) is 26.8 Å². The van der Waals surface area contributed by atoms with Crippen molar-refractivity contribution in [1.29, 1.82) is 0 Å². The van der Waals surface area contributed by atoms with Gasteiger partial charge in [0, 0.05) is 6.20 Å². The molecular formula is C14H10F3N3O3S2. The highest BCUT2D eigenvalue weighted by molar-refractivity contribution is 7.91. The quantitative estimate of drug-likeness (QED) is 0.508. The molecule has 0 fully saturated rings. The van der Waals surface area contributed by atoms with E-state index in [1.54, 1.807) is 0 Å². The van der Waals surface area contributed by atoms with Gasteiger partial charge in [-0.15, -0.1) is 0 Å². The Morgan fingerprint density at radius 3 is 2.72 bits per heavy atom. The number of halogens is 3. The lowest BCUT2D eigenvalue weighted by atomic mass is 10.2. The normalized spacial score (nSPS) is 12.6. The number of fused-ring (bicyclic) bond motifs is 1. The minimum atomic E-state index is -4.69. The highest BCUT2D eigenvalue weighted by atomic mass is 32.2. The molecule has 3 heterocycles. The minimum Gasteiger partial charge on any atom is -0.618 e. The summed E-state index contributed by atoms with van der Waals surface area (Å²) in [6.07, 6.45) is -2.92. The van der Waals surface area contributed by atoms with Gasteiger partial charge in [-0.2, -0.15) is 17.9 Å². The van der Waals surface area contributed by atoms with Crippen LogP contribution >= 0.6 is 11.3 Å².